The van der Waals surface area contributed by atoms with Gasteiger partial charge in [0.25, 0.3) is 0 Å². The topological polar surface area (TPSA) is 12.0 Å². The molecule has 6 aromatic rings. The van der Waals surface area contributed by atoms with Crippen LogP contribution in [0.4, 0.5) is 11.4 Å². The largest absolute Gasteiger partial charge is 0.355 e. The molecule has 1 aliphatic rings. The smallest absolute Gasteiger partial charge is 0.0467 e. The second kappa shape index (κ2) is 7.56. The average molecular weight is 468 g/mol. The summed E-state index contributed by atoms with van der Waals surface area (Å²) >= 11 is 1.88. The van der Waals surface area contributed by atoms with Gasteiger partial charge in [0.15, 0.2) is 0 Å². The first-order valence-electron chi connectivity index (χ1n) is 12.1. The lowest BCUT2D eigenvalue weighted by Gasteiger charge is -2.21. The third-order valence-corrected chi connectivity index (χ3v) is 8.68. The first-order valence-corrected chi connectivity index (χ1v) is 12.9. The van der Waals surface area contributed by atoms with Crippen LogP contribution in [0, 0.1) is 0 Å². The Labute approximate surface area is 209 Å². The first kappa shape index (κ1) is 20.5. The predicted molar refractivity (Wildman–Crippen MR) is 152 cm³/mol. The van der Waals surface area contributed by atoms with Gasteiger partial charge in [-0.05, 0) is 52.1 Å². The minimum atomic E-state index is 0.00227. The van der Waals surface area contributed by atoms with E-state index in [1.54, 1.807) is 0 Å². The van der Waals surface area contributed by atoms with Crippen LogP contribution in [0.15, 0.2) is 109 Å². The molecule has 2 heteroatoms. The molecule has 1 N–H and O–H groups in total. The van der Waals surface area contributed by atoms with Gasteiger partial charge in [0.1, 0.15) is 0 Å². The zero-order valence-corrected chi connectivity index (χ0v) is 20.6. The molecule has 0 fully saturated rings. The highest BCUT2D eigenvalue weighted by atomic mass is 32.1. The van der Waals surface area contributed by atoms with Crippen molar-refractivity contribution in [3.05, 3.63) is 120 Å². The summed E-state index contributed by atoms with van der Waals surface area (Å²) in [6.45, 7) is 4.65. The van der Waals surface area contributed by atoms with E-state index in [2.05, 4.69) is 128 Å². The molecule has 0 radical (unpaired) electrons. The Morgan fingerprint density at radius 1 is 0.629 bits per heavy atom. The molecule has 0 saturated heterocycles. The van der Waals surface area contributed by atoms with E-state index in [4.69, 9.17) is 0 Å². The predicted octanol–water partition coefficient (Wildman–Crippen LogP) is 9.77. The highest BCUT2D eigenvalue weighted by Gasteiger charge is 2.36. The second-order valence-electron chi connectivity index (χ2n) is 9.89. The average Bonchev–Trinajstić information content (AvgIpc) is 3.38. The van der Waals surface area contributed by atoms with E-state index >= 15 is 0 Å². The zero-order chi connectivity index (χ0) is 23.6. The molecule has 0 aliphatic heterocycles. The molecule has 1 aliphatic carbocycles. The summed E-state index contributed by atoms with van der Waals surface area (Å²) < 4.78 is 2.69. The number of hydrogen-bond acceptors (Lipinski definition) is 2. The molecule has 0 spiro atoms. The Hall–Kier alpha value is -3.88. The molecule has 0 atom stereocenters. The van der Waals surface area contributed by atoms with Gasteiger partial charge in [-0.15, -0.1) is 11.3 Å². The second-order valence-corrected chi connectivity index (χ2v) is 10.9. The molecule has 5 aromatic carbocycles. The summed E-state index contributed by atoms with van der Waals surface area (Å²) in [6, 6.07) is 39.7. The Bertz CT molecular complexity index is 1750. The van der Waals surface area contributed by atoms with E-state index in [9.17, 15) is 0 Å². The summed E-state index contributed by atoms with van der Waals surface area (Å²) in [6.07, 6.45) is 0. The van der Waals surface area contributed by atoms with Gasteiger partial charge in [0.05, 0.1) is 0 Å². The van der Waals surface area contributed by atoms with Gasteiger partial charge in [-0.1, -0.05) is 98.8 Å². The van der Waals surface area contributed by atoms with Crippen LogP contribution < -0.4 is 5.32 Å². The van der Waals surface area contributed by atoms with Crippen molar-refractivity contribution in [2.45, 2.75) is 19.3 Å². The number of benzene rings is 5. The number of fused-ring (bicyclic) bond motifs is 6. The maximum Gasteiger partial charge on any atom is 0.0467 e. The molecular formula is C33H25NS. The summed E-state index contributed by atoms with van der Waals surface area (Å²) in [5.74, 6) is 0. The van der Waals surface area contributed by atoms with Crippen molar-refractivity contribution in [2.24, 2.45) is 0 Å². The lowest BCUT2D eigenvalue weighted by Crippen LogP contribution is -2.14. The highest BCUT2D eigenvalue weighted by molar-refractivity contribution is 7.26. The van der Waals surface area contributed by atoms with Crippen molar-refractivity contribution in [1.82, 2.24) is 0 Å². The number of nitrogens with one attached hydrogen (secondary N) is 1. The summed E-state index contributed by atoms with van der Waals surface area (Å²) in [4.78, 5) is 0. The standard InChI is InChI=1S/C33H25NS/c1-33(2)27-16-5-3-13-26(27)31-28(33)17-9-18-29(31)34-22-11-7-10-21(20-22)23-14-8-15-25-24-12-4-6-19-30(24)35-32(23)25/h3-20,34H,1-2H3. The first-order chi connectivity index (χ1) is 17.1. The fourth-order valence-corrected chi connectivity index (χ4v) is 6.99. The fraction of sp³-hybridized carbons (Fsp3) is 0.0909. The Kier molecular flexibility index (Phi) is 4.43. The van der Waals surface area contributed by atoms with E-state index in [0.717, 1.165) is 11.4 Å². The molecule has 0 bridgehead atoms. The van der Waals surface area contributed by atoms with Gasteiger partial charge in [0.2, 0.25) is 0 Å². The summed E-state index contributed by atoms with van der Waals surface area (Å²) in [5, 5.41) is 6.44. The number of hydrogen-bond donors (Lipinski definition) is 1. The third kappa shape index (κ3) is 3.07. The minimum Gasteiger partial charge on any atom is -0.355 e. The van der Waals surface area contributed by atoms with Crippen molar-refractivity contribution in [2.75, 3.05) is 5.32 Å². The van der Waals surface area contributed by atoms with Crippen LogP contribution in [0.3, 0.4) is 0 Å². The van der Waals surface area contributed by atoms with Crippen LogP contribution in [0.2, 0.25) is 0 Å². The quantitative estimate of drug-likeness (QED) is 0.273. The van der Waals surface area contributed by atoms with Gasteiger partial charge in [0, 0.05) is 42.5 Å². The molecule has 1 heterocycles. The number of thiophene rings is 1. The Morgan fingerprint density at radius 2 is 1.34 bits per heavy atom. The van der Waals surface area contributed by atoms with Crippen molar-refractivity contribution >= 4 is 42.9 Å². The van der Waals surface area contributed by atoms with E-state index in [0.29, 0.717) is 0 Å². The lowest BCUT2D eigenvalue weighted by molar-refractivity contribution is 0.660. The van der Waals surface area contributed by atoms with E-state index in [-0.39, 0.29) is 5.41 Å². The van der Waals surface area contributed by atoms with Crippen LogP contribution >= 0.6 is 11.3 Å². The van der Waals surface area contributed by atoms with Crippen molar-refractivity contribution < 1.29 is 0 Å². The van der Waals surface area contributed by atoms with E-state index in [1.165, 1.54) is 53.6 Å². The minimum absolute atomic E-state index is 0.00227. The normalized spacial score (nSPS) is 13.7. The van der Waals surface area contributed by atoms with Gasteiger partial charge in [-0.2, -0.15) is 0 Å². The molecule has 0 amide bonds. The molecule has 35 heavy (non-hydrogen) atoms. The third-order valence-electron chi connectivity index (χ3n) is 7.46. The Morgan fingerprint density at radius 3 is 2.29 bits per heavy atom. The monoisotopic (exact) mass is 467 g/mol. The zero-order valence-electron chi connectivity index (χ0n) is 19.8. The van der Waals surface area contributed by atoms with Crippen LogP contribution in [0.25, 0.3) is 42.4 Å². The lowest BCUT2D eigenvalue weighted by atomic mass is 9.82. The maximum absolute atomic E-state index is 3.77. The van der Waals surface area contributed by atoms with E-state index < -0.39 is 0 Å². The fourth-order valence-electron chi connectivity index (χ4n) is 5.75. The molecular weight excluding hydrogens is 442 g/mol. The molecule has 7 rings (SSSR count). The van der Waals surface area contributed by atoms with Gasteiger partial charge in [-0.25, -0.2) is 0 Å². The molecule has 1 aromatic heterocycles. The summed E-state index contributed by atoms with van der Waals surface area (Å²) in [5.41, 5.74) is 10.2. The SMILES string of the molecule is CC1(C)c2ccccc2-c2c(Nc3cccc(-c4cccc5c4sc4ccccc45)c3)cccc21. The molecule has 0 unspecified atom stereocenters. The molecule has 0 saturated carbocycles. The molecule has 1 nitrogen and oxygen atoms in total. The van der Waals surface area contributed by atoms with E-state index in [1.807, 2.05) is 11.3 Å². The number of anilines is 2. The van der Waals surface area contributed by atoms with Gasteiger partial charge < -0.3 is 5.32 Å². The van der Waals surface area contributed by atoms with Crippen molar-refractivity contribution in [1.29, 1.82) is 0 Å². The van der Waals surface area contributed by atoms with Crippen LogP contribution in [-0.4, -0.2) is 0 Å². The maximum atomic E-state index is 3.77. The van der Waals surface area contributed by atoms with Crippen molar-refractivity contribution in [3.8, 4) is 22.3 Å². The van der Waals surface area contributed by atoms with Gasteiger partial charge in [-0.3, -0.25) is 0 Å². The van der Waals surface area contributed by atoms with Crippen LogP contribution in [0.5, 0.6) is 0 Å². The van der Waals surface area contributed by atoms with Crippen molar-refractivity contribution in [3.63, 3.8) is 0 Å². The highest BCUT2D eigenvalue weighted by Crippen LogP contribution is 2.51. The number of rotatable bonds is 3. The Balaban J connectivity index is 1.33. The van der Waals surface area contributed by atoms with Gasteiger partial charge >= 0.3 is 0 Å². The van der Waals surface area contributed by atoms with Crippen LogP contribution in [0.1, 0.15) is 25.0 Å². The van der Waals surface area contributed by atoms with Crippen LogP contribution in [-0.2, 0) is 5.41 Å². The summed E-state index contributed by atoms with van der Waals surface area (Å²) in [7, 11) is 0. The molecule has 168 valence electrons.